The number of anilines is 4. The quantitative estimate of drug-likeness (QED) is 0.708. The number of ether oxygens (including phenoxy) is 2. The van der Waals surface area contributed by atoms with Crippen molar-refractivity contribution in [1.29, 1.82) is 0 Å². The van der Waals surface area contributed by atoms with E-state index in [4.69, 9.17) is 15.2 Å². The Morgan fingerprint density at radius 2 is 1.56 bits per heavy atom. The zero-order valence-corrected chi connectivity index (χ0v) is 15.2. The van der Waals surface area contributed by atoms with Gasteiger partial charge < -0.3 is 25.0 Å². The minimum Gasteiger partial charge on any atom is -0.393 e. The number of para-hydroxylation sites is 1. The molecule has 2 N–H and O–H groups in total. The van der Waals surface area contributed by atoms with Crippen LogP contribution in [0.5, 0.6) is 0 Å². The number of benzene rings is 1. The molecule has 0 amide bonds. The first kappa shape index (κ1) is 19.0. The lowest BCUT2D eigenvalue weighted by Crippen LogP contribution is -2.32. The normalized spacial score (nSPS) is 10.7. The van der Waals surface area contributed by atoms with Crippen LogP contribution in [0.2, 0.25) is 0 Å². The molecule has 0 saturated carbocycles. The van der Waals surface area contributed by atoms with E-state index < -0.39 is 0 Å². The second-order valence-electron chi connectivity index (χ2n) is 5.49. The second kappa shape index (κ2) is 9.80. The van der Waals surface area contributed by atoms with Gasteiger partial charge >= 0.3 is 0 Å². The molecule has 0 aliphatic rings. The van der Waals surface area contributed by atoms with Gasteiger partial charge in [0, 0.05) is 39.5 Å². The molecule has 0 aliphatic heterocycles. The first-order valence-electron chi connectivity index (χ1n) is 8.38. The van der Waals surface area contributed by atoms with Crippen LogP contribution in [-0.2, 0) is 9.47 Å². The van der Waals surface area contributed by atoms with Gasteiger partial charge in [0.15, 0.2) is 11.6 Å². The molecule has 2 rings (SSSR count). The van der Waals surface area contributed by atoms with Crippen molar-refractivity contribution >= 4 is 23.0 Å². The highest BCUT2D eigenvalue weighted by atomic mass is 16.5. The van der Waals surface area contributed by atoms with Crippen LogP contribution in [0, 0.1) is 0 Å². The standard InChI is InChI=1S/C18H27N5O2/c1-4-23(15-8-6-5-7-9-15)18-16(19)17(20-14-21-18)22(10-12-24-2)11-13-25-3/h5-9,14H,4,10-13,19H2,1-3H3. The van der Waals surface area contributed by atoms with E-state index in [9.17, 15) is 0 Å². The van der Waals surface area contributed by atoms with Crippen LogP contribution in [-0.4, -0.2) is 57.0 Å². The van der Waals surface area contributed by atoms with Crippen LogP contribution >= 0.6 is 0 Å². The Hall–Kier alpha value is -2.38. The molecule has 0 fully saturated rings. The molecule has 0 aliphatic carbocycles. The largest absolute Gasteiger partial charge is 0.393 e. The van der Waals surface area contributed by atoms with Gasteiger partial charge in [0.05, 0.1) is 13.2 Å². The Morgan fingerprint density at radius 3 is 2.12 bits per heavy atom. The molecule has 0 atom stereocenters. The molecule has 0 unspecified atom stereocenters. The molecule has 25 heavy (non-hydrogen) atoms. The van der Waals surface area contributed by atoms with E-state index in [0.717, 1.165) is 12.2 Å². The summed E-state index contributed by atoms with van der Waals surface area (Å²) in [5.74, 6) is 1.41. The summed E-state index contributed by atoms with van der Waals surface area (Å²) >= 11 is 0. The van der Waals surface area contributed by atoms with Crippen molar-refractivity contribution in [2.45, 2.75) is 6.92 Å². The number of hydrogen-bond acceptors (Lipinski definition) is 7. The minimum atomic E-state index is 0.556. The van der Waals surface area contributed by atoms with Gasteiger partial charge in [0.2, 0.25) is 0 Å². The molecule has 7 heteroatoms. The number of nitrogens with zero attached hydrogens (tertiary/aromatic N) is 4. The van der Waals surface area contributed by atoms with Gasteiger partial charge in [-0.15, -0.1) is 0 Å². The highest BCUT2D eigenvalue weighted by Gasteiger charge is 2.19. The molecule has 0 spiro atoms. The van der Waals surface area contributed by atoms with Crippen LogP contribution in [0.4, 0.5) is 23.0 Å². The third kappa shape index (κ3) is 4.80. The number of hydrogen-bond donors (Lipinski definition) is 1. The average molecular weight is 345 g/mol. The van der Waals surface area contributed by atoms with Crippen LogP contribution in [0.3, 0.4) is 0 Å². The van der Waals surface area contributed by atoms with Crippen molar-refractivity contribution in [2.24, 2.45) is 0 Å². The van der Waals surface area contributed by atoms with Gasteiger partial charge in [-0.25, -0.2) is 9.97 Å². The van der Waals surface area contributed by atoms with Crippen LogP contribution < -0.4 is 15.5 Å². The molecular formula is C18H27N5O2. The van der Waals surface area contributed by atoms with Crippen molar-refractivity contribution < 1.29 is 9.47 Å². The number of methoxy groups -OCH3 is 2. The SMILES string of the molecule is CCN(c1ccccc1)c1ncnc(N(CCOC)CCOC)c1N. The lowest BCUT2D eigenvalue weighted by Gasteiger charge is -2.28. The van der Waals surface area contributed by atoms with Gasteiger partial charge in [-0.2, -0.15) is 0 Å². The number of aromatic nitrogens is 2. The summed E-state index contributed by atoms with van der Waals surface area (Å²) in [7, 11) is 3.36. The van der Waals surface area contributed by atoms with Crippen LogP contribution in [0.15, 0.2) is 36.7 Å². The van der Waals surface area contributed by atoms with E-state index in [1.165, 1.54) is 0 Å². The maximum Gasteiger partial charge on any atom is 0.161 e. The zero-order chi connectivity index (χ0) is 18.1. The van der Waals surface area contributed by atoms with E-state index >= 15 is 0 Å². The lowest BCUT2D eigenvalue weighted by molar-refractivity contribution is 0.190. The van der Waals surface area contributed by atoms with E-state index in [0.29, 0.717) is 43.6 Å². The Morgan fingerprint density at radius 1 is 0.960 bits per heavy atom. The van der Waals surface area contributed by atoms with Crippen molar-refractivity contribution in [3.8, 4) is 0 Å². The number of rotatable bonds is 10. The first-order valence-corrected chi connectivity index (χ1v) is 8.38. The average Bonchev–Trinajstić information content (AvgIpc) is 2.65. The summed E-state index contributed by atoms with van der Waals surface area (Å²) in [5.41, 5.74) is 8.05. The van der Waals surface area contributed by atoms with Crippen molar-refractivity contribution in [2.75, 3.05) is 62.6 Å². The molecule has 0 bridgehead atoms. The molecule has 1 heterocycles. The monoisotopic (exact) mass is 345 g/mol. The van der Waals surface area contributed by atoms with E-state index in [1.54, 1.807) is 20.5 Å². The van der Waals surface area contributed by atoms with Crippen LogP contribution in [0.1, 0.15) is 6.92 Å². The van der Waals surface area contributed by atoms with Gasteiger partial charge in [0.1, 0.15) is 12.0 Å². The fourth-order valence-corrected chi connectivity index (χ4v) is 2.63. The Bertz CT molecular complexity index is 631. The number of nitrogen functional groups attached to an aromatic ring is 1. The topological polar surface area (TPSA) is 76.7 Å². The van der Waals surface area contributed by atoms with Crippen molar-refractivity contribution in [1.82, 2.24) is 9.97 Å². The first-order chi connectivity index (χ1) is 12.2. The summed E-state index contributed by atoms with van der Waals surface area (Å²) < 4.78 is 10.4. The molecule has 1 aromatic carbocycles. The van der Waals surface area contributed by atoms with E-state index in [-0.39, 0.29) is 0 Å². The fraction of sp³-hybridized carbons (Fsp3) is 0.444. The van der Waals surface area contributed by atoms with Gasteiger partial charge in [-0.05, 0) is 19.1 Å². The molecule has 7 nitrogen and oxygen atoms in total. The predicted octanol–water partition coefficient (Wildman–Crippen LogP) is 2.32. The van der Waals surface area contributed by atoms with Crippen molar-refractivity contribution in [3.63, 3.8) is 0 Å². The molecular weight excluding hydrogens is 318 g/mol. The van der Waals surface area contributed by atoms with Crippen LogP contribution in [0.25, 0.3) is 0 Å². The third-order valence-electron chi connectivity index (χ3n) is 3.91. The molecule has 136 valence electrons. The summed E-state index contributed by atoms with van der Waals surface area (Å²) in [4.78, 5) is 13.0. The van der Waals surface area contributed by atoms with Gasteiger partial charge in [-0.3, -0.25) is 0 Å². The smallest absolute Gasteiger partial charge is 0.161 e. The Kier molecular flexibility index (Phi) is 7.43. The second-order valence-corrected chi connectivity index (χ2v) is 5.49. The Labute approximate surface area is 149 Å². The Balaban J connectivity index is 2.36. The predicted molar refractivity (Wildman–Crippen MR) is 102 cm³/mol. The van der Waals surface area contributed by atoms with Crippen molar-refractivity contribution in [3.05, 3.63) is 36.7 Å². The molecule has 0 radical (unpaired) electrons. The minimum absolute atomic E-state index is 0.556. The summed E-state index contributed by atoms with van der Waals surface area (Å²) in [6.45, 7) is 5.34. The van der Waals surface area contributed by atoms with E-state index in [1.807, 2.05) is 30.3 Å². The van der Waals surface area contributed by atoms with Gasteiger partial charge in [0.25, 0.3) is 0 Å². The number of nitrogens with two attached hydrogens (primary N) is 1. The third-order valence-corrected chi connectivity index (χ3v) is 3.91. The lowest BCUT2D eigenvalue weighted by atomic mass is 10.2. The van der Waals surface area contributed by atoms with E-state index in [2.05, 4.69) is 26.7 Å². The molecule has 2 aromatic rings. The maximum atomic E-state index is 6.45. The molecule has 0 saturated heterocycles. The zero-order valence-electron chi connectivity index (χ0n) is 15.2. The summed E-state index contributed by atoms with van der Waals surface area (Å²) in [5, 5.41) is 0. The highest BCUT2D eigenvalue weighted by Crippen LogP contribution is 2.33. The molecule has 1 aromatic heterocycles. The summed E-state index contributed by atoms with van der Waals surface area (Å²) in [6.07, 6.45) is 1.55. The fourth-order valence-electron chi connectivity index (χ4n) is 2.63. The summed E-state index contributed by atoms with van der Waals surface area (Å²) in [6, 6.07) is 10.1. The van der Waals surface area contributed by atoms with Gasteiger partial charge in [-0.1, -0.05) is 18.2 Å². The maximum absolute atomic E-state index is 6.45. The highest BCUT2D eigenvalue weighted by molar-refractivity contribution is 5.79.